The minimum Gasteiger partial charge on any atom is -0.338 e. The van der Waals surface area contributed by atoms with E-state index in [-0.39, 0.29) is 11.7 Å². The zero-order valence-electron chi connectivity index (χ0n) is 16.6. The summed E-state index contributed by atoms with van der Waals surface area (Å²) in [5, 5.41) is 14.6. The largest absolute Gasteiger partial charge is 0.338 e. The number of carbonyl (C=O) groups excluding carboxylic acids is 1. The molecule has 12 heteroatoms. The minimum atomic E-state index is -0.214. The molecule has 2 N–H and O–H groups in total. The van der Waals surface area contributed by atoms with Gasteiger partial charge < -0.3 is 10.3 Å². The highest BCUT2D eigenvalue weighted by Gasteiger charge is 2.13. The van der Waals surface area contributed by atoms with Crippen LogP contribution in [0.25, 0.3) is 22.1 Å². The number of H-pyrrole nitrogens is 1. The van der Waals surface area contributed by atoms with E-state index in [1.165, 1.54) is 23.1 Å². The molecule has 7 nitrogen and oxygen atoms in total. The van der Waals surface area contributed by atoms with Crippen LogP contribution in [0.1, 0.15) is 10.4 Å². The number of aromatic nitrogens is 5. The van der Waals surface area contributed by atoms with Crippen LogP contribution in [0.3, 0.4) is 0 Å². The summed E-state index contributed by atoms with van der Waals surface area (Å²) in [7, 11) is 0. The van der Waals surface area contributed by atoms with Gasteiger partial charge in [0.15, 0.2) is 10.8 Å². The van der Waals surface area contributed by atoms with Crippen LogP contribution < -0.4 is 5.32 Å². The number of hydrogen-bond donors (Lipinski definition) is 2. The number of benzene rings is 2. The first-order valence-corrected chi connectivity index (χ1v) is 12.5. The SMILES string of the molecule is O=C(CSc1nnc2c(n1)[nH]c1ccc(Cl)cc12)Nc1ncc(Cc2cccc(Cl)c2Cl)s1. The van der Waals surface area contributed by atoms with E-state index in [9.17, 15) is 4.79 Å². The van der Waals surface area contributed by atoms with E-state index in [0.717, 1.165) is 21.3 Å². The van der Waals surface area contributed by atoms with Crippen LogP contribution in [0.5, 0.6) is 0 Å². The number of carbonyl (C=O) groups is 1. The van der Waals surface area contributed by atoms with Gasteiger partial charge in [-0.15, -0.1) is 21.5 Å². The fourth-order valence-electron chi connectivity index (χ4n) is 3.19. The smallest absolute Gasteiger partial charge is 0.236 e. The lowest BCUT2D eigenvalue weighted by molar-refractivity contribution is -0.113. The highest BCUT2D eigenvalue weighted by Crippen LogP contribution is 2.30. The van der Waals surface area contributed by atoms with Gasteiger partial charge in [-0.3, -0.25) is 4.79 Å². The normalized spacial score (nSPS) is 11.4. The van der Waals surface area contributed by atoms with Crippen LogP contribution in [0.4, 0.5) is 5.13 Å². The summed E-state index contributed by atoms with van der Waals surface area (Å²) in [5.41, 5.74) is 3.00. The molecule has 3 aromatic heterocycles. The predicted octanol–water partition coefficient (Wildman–Crippen LogP) is 6.24. The molecule has 166 valence electrons. The maximum Gasteiger partial charge on any atom is 0.236 e. The Balaban J connectivity index is 1.21. The van der Waals surface area contributed by atoms with Crippen LogP contribution in [0.15, 0.2) is 47.8 Å². The summed E-state index contributed by atoms with van der Waals surface area (Å²) in [6.45, 7) is 0. The third-order valence-corrected chi connectivity index (χ3v) is 7.53. The first-order chi connectivity index (χ1) is 16.0. The van der Waals surface area contributed by atoms with Gasteiger partial charge in [0.2, 0.25) is 11.1 Å². The van der Waals surface area contributed by atoms with Crippen LogP contribution >= 0.6 is 57.9 Å². The molecular weight excluding hydrogens is 523 g/mol. The van der Waals surface area contributed by atoms with Gasteiger partial charge in [0.25, 0.3) is 0 Å². The number of aromatic amines is 1. The second-order valence-electron chi connectivity index (χ2n) is 6.96. The molecule has 0 fully saturated rings. The number of thioether (sulfide) groups is 1. The number of thiazole rings is 1. The number of anilines is 1. The Labute approximate surface area is 210 Å². The van der Waals surface area contributed by atoms with E-state index in [0.29, 0.717) is 42.9 Å². The van der Waals surface area contributed by atoms with Crippen molar-refractivity contribution in [1.82, 2.24) is 25.1 Å². The molecule has 0 aliphatic carbocycles. The maximum absolute atomic E-state index is 12.4. The molecule has 0 atom stereocenters. The van der Waals surface area contributed by atoms with Crippen molar-refractivity contribution in [1.29, 1.82) is 0 Å². The van der Waals surface area contributed by atoms with Gasteiger partial charge in [0.1, 0.15) is 5.52 Å². The van der Waals surface area contributed by atoms with Gasteiger partial charge in [-0.2, -0.15) is 0 Å². The molecule has 0 spiro atoms. The molecule has 5 aromatic rings. The molecular formula is C21H13Cl3N6OS2. The number of halogens is 3. The number of hydrogen-bond acceptors (Lipinski definition) is 7. The lowest BCUT2D eigenvalue weighted by Crippen LogP contribution is -2.14. The van der Waals surface area contributed by atoms with E-state index in [1.807, 2.05) is 24.3 Å². The Hall–Kier alpha value is -2.43. The second-order valence-corrected chi connectivity index (χ2v) is 10.2. The lowest BCUT2D eigenvalue weighted by Gasteiger charge is -2.03. The molecule has 2 aromatic carbocycles. The maximum atomic E-state index is 12.4. The van der Waals surface area contributed by atoms with Gasteiger partial charge in [-0.1, -0.05) is 58.7 Å². The van der Waals surface area contributed by atoms with Crippen molar-refractivity contribution in [2.24, 2.45) is 0 Å². The zero-order chi connectivity index (χ0) is 22.9. The van der Waals surface area contributed by atoms with Crippen molar-refractivity contribution in [2.45, 2.75) is 11.6 Å². The lowest BCUT2D eigenvalue weighted by atomic mass is 10.1. The molecule has 0 aliphatic heterocycles. The van der Waals surface area contributed by atoms with Crippen LogP contribution in [-0.4, -0.2) is 36.8 Å². The van der Waals surface area contributed by atoms with E-state index in [2.05, 4.69) is 30.5 Å². The summed E-state index contributed by atoms with van der Waals surface area (Å²) in [4.78, 5) is 25.3. The van der Waals surface area contributed by atoms with Crippen LogP contribution in [-0.2, 0) is 11.2 Å². The number of nitrogens with one attached hydrogen (secondary N) is 2. The number of amides is 1. The van der Waals surface area contributed by atoms with Crippen molar-refractivity contribution in [2.75, 3.05) is 11.1 Å². The molecule has 0 saturated heterocycles. The fraction of sp³-hybridized carbons (Fsp3) is 0.0952. The summed E-state index contributed by atoms with van der Waals surface area (Å²) < 4.78 is 0. The molecule has 0 saturated carbocycles. The Morgan fingerprint density at radius 1 is 1.15 bits per heavy atom. The summed E-state index contributed by atoms with van der Waals surface area (Å²) in [6, 6.07) is 11.0. The molecule has 0 bridgehead atoms. The van der Waals surface area contributed by atoms with Gasteiger partial charge >= 0.3 is 0 Å². The average molecular weight is 536 g/mol. The van der Waals surface area contributed by atoms with Crippen molar-refractivity contribution in [3.8, 4) is 0 Å². The number of fused-ring (bicyclic) bond motifs is 3. The van der Waals surface area contributed by atoms with Gasteiger partial charge in [-0.25, -0.2) is 9.97 Å². The minimum absolute atomic E-state index is 0.119. The third kappa shape index (κ3) is 4.92. The molecule has 33 heavy (non-hydrogen) atoms. The van der Waals surface area contributed by atoms with Crippen LogP contribution in [0, 0.1) is 0 Å². The summed E-state index contributed by atoms with van der Waals surface area (Å²) >= 11 is 21.0. The van der Waals surface area contributed by atoms with Crippen molar-refractivity contribution in [3.05, 3.63) is 68.1 Å². The Bertz CT molecular complexity index is 1500. The monoisotopic (exact) mass is 534 g/mol. The third-order valence-electron chi connectivity index (χ3n) is 4.69. The topological polar surface area (TPSA) is 96.5 Å². The van der Waals surface area contributed by atoms with Crippen LogP contribution in [0.2, 0.25) is 15.1 Å². The molecule has 5 rings (SSSR count). The van der Waals surface area contributed by atoms with Crippen molar-refractivity contribution >= 4 is 91.0 Å². The molecule has 0 radical (unpaired) electrons. The Morgan fingerprint density at radius 2 is 2.03 bits per heavy atom. The molecule has 3 heterocycles. The molecule has 0 aliphatic rings. The van der Waals surface area contributed by atoms with Gasteiger partial charge in [-0.05, 0) is 29.8 Å². The predicted molar refractivity (Wildman–Crippen MR) is 135 cm³/mol. The van der Waals surface area contributed by atoms with E-state index in [1.54, 1.807) is 18.3 Å². The second kappa shape index (κ2) is 9.44. The standard InChI is InChI=1S/C21H13Cl3N6OS2/c22-11-4-5-15-13(7-11)18-19(26-15)28-21(30-29-18)32-9-16(31)27-20-25-8-12(33-20)6-10-2-1-3-14(23)17(10)24/h1-5,7-8H,6,9H2,(H,25,27,31)(H,26,28,30). The quantitative estimate of drug-likeness (QED) is 0.250. The molecule has 1 amide bonds. The van der Waals surface area contributed by atoms with Crippen molar-refractivity contribution in [3.63, 3.8) is 0 Å². The Kier molecular flexibility index (Phi) is 6.40. The first kappa shape index (κ1) is 22.4. The molecule has 0 unspecified atom stereocenters. The Morgan fingerprint density at radius 3 is 2.91 bits per heavy atom. The zero-order valence-corrected chi connectivity index (χ0v) is 20.5. The van der Waals surface area contributed by atoms with Gasteiger partial charge in [0, 0.05) is 33.4 Å². The van der Waals surface area contributed by atoms with Crippen molar-refractivity contribution < 1.29 is 4.79 Å². The highest BCUT2D eigenvalue weighted by atomic mass is 35.5. The summed E-state index contributed by atoms with van der Waals surface area (Å²) in [5.74, 6) is -0.0947. The van der Waals surface area contributed by atoms with E-state index in [4.69, 9.17) is 34.8 Å². The first-order valence-electron chi connectivity index (χ1n) is 9.58. The van der Waals surface area contributed by atoms with E-state index >= 15 is 0 Å². The summed E-state index contributed by atoms with van der Waals surface area (Å²) in [6.07, 6.45) is 2.30. The fourth-order valence-corrected chi connectivity index (χ4v) is 5.19. The number of rotatable bonds is 6. The highest BCUT2D eigenvalue weighted by molar-refractivity contribution is 7.99. The number of nitrogens with zero attached hydrogens (tertiary/aromatic N) is 4. The van der Waals surface area contributed by atoms with E-state index < -0.39 is 0 Å². The average Bonchev–Trinajstić information content (AvgIpc) is 3.38. The van der Waals surface area contributed by atoms with Gasteiger partial charge in [0.05, 0.1) is 15.8 Å².